The van der Waals surface area contributed by atoms with Gasteiger partial charge in [-0.15, -0.1) is 0 Å². The number of nitrogens with two attached hydrogens (primary N) is 1. The molecular formula is C17H30N4. The second kappa shape index (κ2) is 7.66. The van der Waals surface area contributed by atoms with Gasteiger partial charge >= 0.3 is 0 Å². The summed E-state index contributed by atoms with van der Waals surface area (Å²) in [4.78, 5) is 4.97. The quantitative estimate of drug-likeness (QED) is 0.843. The van der Waals surface area contributed by atoms with Crippen LogP contribution in [0.1, 0.15) is 20.8 Å². The van der Waals surface area contributed by atoms with E-state index in [9.17, 15) is 0 Å². The first-order valence-electron chi connectivity index (χ1n) is 8.17. The summed E-state index contributed by atoms with van der Waals surface area (Å²) in [6.07, 6.45) is 0. The zero-order valence-electron chi connectivity index (χ0n) is 13.7. The van der Waals surface area contributed by atoms with Crippen LogP contribution < -0.4 is 16.0 Å². The normalized spacial score (nSPS) is 18.0. The summed E-state index contributed by atoms with van der Waals surface area (Å²) in [5.41, 5.74) is 8.54. The predicted octanol–water partition coefficient (Wildman–Crippen LogP) is 2.22. The number of rotatable bonds is 6. The van der Waals surface area contributed by atoms with Crippen LogP contribution in [0.15, 0.2) is 24.3 Å². The Morgan fingerprint density at radius 1 is 1.10 bits per heavy atom. The maximum atomic E-state index is 6.06. The van der Waals surface area contributed by atoms with Gasteiger partial charge in [0.1, 0.15) is 0 Å². The molecule has 1 aromatic carbocycles. The van der Waals surface area contributed by atoms with Crippen LogP contribution in [0, 0.1) is 5.92 Å². The first-order chi connectivity index (χ1) is 10.1. The molecule has 21 heavy (non-hydrogen) atoms. The maximum absolute atomic E-state index is 6.06. The van der Waals surface area contributed by atoms with Crippen molar-refractivity contribution >= 4 is 11.4 Å². The molecule has 1 aromatic rings. The van der Waals surface area contributed by atoms with Gasteiger partial charge in [0.2, 0.25) is 0 Å². The smallest absolute Gasteiger partial charge is 0.0368 e. The first kappa shape index (κ1) is 16.1. The number of hydrogen-bond donors (Lipinski definition) is 2. The number of benzene rings is 1. The second-order valence-corrected chi connectivity index (χ2v) is 6.26. The zero-order chi connectivity index (χ0) is 15.2. The summed E-state index contributed by atoms with van der Waals surface area (Å²) in [6.45, 7) is 13.1. The Hall–Kier alpha value is -1.26. The molecular weight excluding hydrogens is 260 g/mol. The highest BCUT2D eigenvalue weighted by molar-refractivity contribution is 5.55. The highest BCUT2D eigenvalue weighted by atomic mass is 15.3. The standard InChI is InChI=1S/C17H30N4/c1-4-20-9-11-21(12-10-20)16-7-5-15(6-8-16)19-13-17(18)14(2)3/h5-8,14,17,19H,4,9-13,18H2,1-3H3. The van der Waals surface area contributed by atoms with Gasteiger partial charge in [-0.3, -0.25) is 0 Å². The molecule has 1 aliphatic heterocycles. The first-order valence-corrected chi connectivity index (χ1v) is 8.17. The average Bonchev–Trinajstić information content (AvgIpc) is 2.53. The molecule has 1 aliphatic rings. The molecule has 4 heteroatoms. The molecule has 1 heterocycles. The number of hydrogen-bond acceptors (Lipinski definition) is 4. The molecule has 0 radical (unpaired) electrons. The largest absolute Gasteiger partial charge is 0.383 e. The van der Waals surface area contributed by atoms with Gasteiger partial charge in [-0.2, -0.15) is 0 Å². The molecule has 118 valence electrons. The minimum atomic E-state index is 0.201. The van der Waals surface area contributed by atoms with Gasteiger partial charge in [0.05, 0.1) is 0 Å². The molecule has 0 bridgehead atoms. The Kier molecular flexibility index (Phi) is 5.88. The van der Waals surface area contributed by atoms with Gasteiger partial charge in [-0.25, -0.2) is 0 Å². The number of nitrogens with one attached hydrogen (secondary N) is 1. The summed E-state index contributed by atoms with van der Waals surface area (Å²) < 4.78 is 0. The van der Waals surface area contributed by atoms with E-state index in [1.165, 1.54) is 18.8 Å². The highest BCUT2D eigenvalue weighted by Gasteiger charge is 2.15. The summed E-state index contributed by atoms with van der Waals surface area (Å²) in [6, 6.07) is 8.95. The topological polar surface area (TPSA) is 44.5 Å². The Balaban J connectivity index is 1.84. The van der Waals surface area contributed by atoms with E-state index in [1.54, 1.807) is 0 Å². The molecule has 1 saturated heterocycles. The fourth-order valence-corrected chi connectivity index (χ4v) is 2.58. The molecule has 0 spiro atoms. The van der Waals surface area contributed by atoms with Gasteiger partial charge in [-0.05, 0) is 36.7 Å². The van der Waals surface area contributed by atoms with E-state index in [0.717, 1.165) is 31.9 Å². The molecule has 0 aromatic heterocycles. The minimum Gasteiger partial charge on any atom is -0.383 e. The molecule has 0 amide bonds. The molecule has 4 nitrogen and oxygen atoms in total. The van der Waals surface area contributed by atoms with E-state index < -0.39 is 0 Å². The monoisotopic (exact) mass is 290 g/mol. The Labute approximate surface area is 129 Å². The molecule has 0 saturated carbocycles. The number of likely N-dealkylation sites (N-methyl/N-ethyl adjacent to an activating group) is 1. The van der Waals surface area contributed by atoms with Gasteiger partial charge in [0.25, 0.3) is 0 Å². The number of anilines is 2. The summed E-state index contributed by atoms with van der Waals surface area (Å²) in [5, 5.41) is 3.42. The number of nitrogens with zero attached hydrogens (tertiary/aromatic N) is 2. The Morgan fingerprint density at radius 3 is 2.24 bits per heavy atom. The van der Waals surface area contributed by atoms with E-state index >= 15 is 0 Å². The van der Waals surface area contributed by atoms with Crippen LogP contribution in [0.5, 0.6) is 0 Å². The third-order valence-electron chi connectivity index (χ3n) is 4.45. The summed E-state index contributed by atoms with van der Waals surface area (Å²) in [7, 11) is 0. The zero-order valence-corrected chi connectivity index (χ0v) is 13.7. The van der Waals surface area contributed by atoms with Crippen molar-refractivity contribution in [1.82, 2.24) is 4.90 Å². The van der Waals surface area contributed by atoms with Crippen molar-refractivity contribution in [2.45, 2.75) is 26.8 Å². The van der Waals surface area contributed by atoms with Crippen molar-refractivity contribution in [2.75, 3.05) is 49.5 Å². The van der Waals surface area contributed by atoms with Crippen molar-refractivity contribution < 1.29 is 0 Å². The van der Waals surface area contributed by atoms with Crippen molar-refractivity contribution in [3.8, 4) is 0 Å². The van der Waals surface area contributed by atoms with Crippen LogP contribution in [-0.2, 0) is 0 Å². The van der Waals surface area contributed by atoms with Gasteiger partial charge in [0.15, 0.2) is 0 Å². The van der Waals surface area contributed by atoms with Crippen LogP contribution in [0.25, 0.3) is 0 Å². The lowest BCUT2D eigenvalue weighted by atomic mass is 10.1. The lowest BCUT2D eigenvalue weighted by molar-refractivity contribution is 0.271. The van der Waals surface area contributed by atoms with Gasteiger partial charge in [0, 0.05) is 50.1 Å². The van der Waals surface area contributed by atoms with Gasteiger partial charge < -0.3 is 20.9 Å². The van der Waals surface area contributed by atoms with E-state index in [1.807, 2.05) is 0 Å². The minimum absolute atomic E-state index is 0.201. The highest BCUT2D eigenvalue weighted by Crippen LogP contribution is 2.19. The molecule has 3 N–H and O–H groups in total. The van der Waals surface area contributed by atoms with Crippen LogP contribution in [0.2, 0.25) is 0 Å². The third kappa shape index (κ3) is 4.61. The fourth-order valence-electron chi connectivity index (χ4n) is 2.58. The van der Waals surface area contributed by atoms with E-state index in [4.69, 9.17) is 5.73 Å². The van der Waals surface area contributed by atoms with Crippen LogP contribution in [0.3, 0.4) is 0 Å². The van der Waals surface area contributed by atoms with E-state index in [-0.39, 0.29) is 6.04 Å². The lowest BCUT2D eigenvalue weighted by Crippen LogP contribution is -2.46. The lowest BCUT2D eigenvalue weighted by Gasteiger charge is -2.35. The van der Waals surface area contributed by atoms with Crippen LogP contribution in [-0.4, -0.2) is 50.2 Å². The van der Waals surface area contributed by atoms with Crippen LogP contribution in [0.4, 0.5) is 11.4 Å². The molecule has 0 aliphatic carbocycles. The summed E-state index contributed by atoms with van der Waals surface area (Å²) in [5.74, 6) is 0.506. The van der Waals surface area contributed by atoms with Crippen molar-refractivity contribution in [3.05, 3.63) is 24.3 Å². The van der Waals surface area contributed by atoms with Crippen molar-refractivity contribution in [3.63, 3.8) is 0 Å². The Morgan fingerprint density at radius 2 is 1.71 bits per heavy atom. The third-order valence-corrected chi connectivity index (χ3v) is 4.45. The van der Waals surface area contributed by atoms with E-state index in [0.29, 0.717) is 5.92 Å². The fraction of sp³-hybridized carbons (Fsp3) is 0.647. The second-order valence-electron chi connectivity index (χ2n) is 6.26. The van der Waals surface area contributed by atoms with Crippen molar-refractivity contribution in [2.24, 2.45) is 11.7 Å². The van der Waals surface area contributed by atoms with Crippen molar-refractivity contribution in [1.29, 1.82) is 0 Å². The average molecular weight is 290 g/mol. The molecule has 1 unspecified atom stereocenters. The summed E-state index contributed by atoms with van der Waals surface area (Å²) >= 11 is 0. The maximum Gasteiger partial charge on any atom is 0.0368 e. The molecule has 2 rings (SSSR count). The van der Waals surface area contributed by atoms with Crippen LogP contribution >= 0.6 is 0 Å². The predicted molar refractivity (Wildman–Crippen MR) is 92.1 cm³/mol. The molecule has 1 fully saturated rings. The Bertz CT molecular complexity index is 407. The SMILES string of the molecule is CCN1CCN(c2ccc(NCC(N)C(C)C)cc2)CC1. The van der Waals surface area contributed by atoms with Gasteiger partial charge in [-0.1, -0.05) is 20.8 Å². The van der Waals surface area contributed by atoms with E-state index in [2.05, 4.69) is 60.2 Å². The number of piperazine rings is 1. The molecule has 1 atom stereocenters.